The average molecular weight is 1720 g/mol. The molecule has 0 unspecified atom stereocenters. The maximum atomic E-state index is 13.5. The molecular formula is C117H100F2N6O6+6. The summed E-state index contributed by atoms with van der Waals surface area (Å²) in [6.45, 7) is 19.0. The lowest BCUT2D eigenvalue weighted by atomic mass is 10.0. The number of furan rings is 6. The molecule has 24 rings (SSSR count). The van der Waals surface area contributed by atoms with E-state index < -0.39 is 0 Å². The Morgan fingerprint density at radius 1 is 0.176 bits per heavy atom. The highest BCUT2D eigenvalue weighted by atomic mass is 19.1. The largest absolute Gasteiger partial charge is 0.455 e. The van der Waals surface area contributed by atoms with Crippen molar-refractivity contribution in [2.45, 2.75) is 62.3 Å². The Kier molecular flexibility index (Phi) is 22.7. The van der Waals surface area contributed by atoms with Crippen LogP contribution in [0.3, 0.4) is 0 Å². The molecule has 0 saturated carbocycles. The number of halogens is 2. The van der Waals surface area contributed by atoms with E-state index in [9.17, 15) is 8.78 Å². The Balaban J connectivity index is 0.000000102. The highest BCUT2D eigenvalue weighted by Crippen LogP contribution is 2.44. The summed E-state index contributed by atoms with van der Waals surface area (Å²) in [5.41, 5.74) is 34.9. The molecule has 0 fully saturated rings. The van der Waals surface area contributed by atoms with Crippen molar-refractivity contribution in [3.8, 4) is 67.5 Å². The van der Waals surface area contributed by atoms with Crippen molar-refractivity contribution in [3.63, 3.8) is 0 Å². The van der Waals surface area contributed by atoms with Gasteiger partial charge in [-0.3, -0.25) is 0 Å². The fourth-order valence-corrected chi connectivity index (χ4v) is 18.5. The van der Waals surface area contributed by atoms with Gasteiger partial charge in [-0.15, -0.1) is 0 Å². The molecule has 131 heavy (non-hydrogen) atoms. The van der Waals surface area contributed by atoms with Crippen LogP contribution in [-0.4, -0.2) is 0 Å². The first-order valence-electron chi connectivity index (χ1n) is 44.1. The van der Waals surface area contributed by atoms with Gasteiger partial charge in [0.15, 0.2) is 37.2 Å². The molecule has 14 heteroatoms. The fourth-order valence-electron chi connectivity index (χ4n) is 18.5. The second-order valence-electron chi connectivity index (χ2n) is 34.4. The van der Waals surface area contributed by atoms with Crippen LogP contribution in [-0.2, 0) is 42.3 Å². The van der Waals surface area contributed by atoms with Crippen LogP contribution in [0.5, 0.6) is 0 Å². The Hall–Kier alpha value is -15.8. The molecule has 12 aromatic carbocycles. The normalized spacial score (nSPS) is 11.4. The topological polar surface area (TPSA) is 102 Å². The van der Waals surface area contributed by atoms with Gasteiger partial charge in [0.1, 0.15) is 121 Å². The molecule has 0 atom stereocenters. The number of benzene rings is 12. The third kappa shape index (κ3) is 16.0. The predicted octanol–water partition coefficient (Wildman–Crippen LogP) is 27.5. The third-order valence-electron chi connectivity index (χ3n) is 25.3. The number of hydrogen-bond donors (Lipinski definition) is 0. The van der Waals surface area contributed by atoms with Gasteiger partial charge in [-0.25, -0.2) is 36.2 Å². The van der Waals surface area contributed by atoms with Gasteiger partial charge in [0, 0.05) is 150 Å². The number of aryl methyl sites for hydroxylation is 15. The average Bonchev–Trinajstić information content (AvgIpc) is 1.63. The van der Waals surface area contributed by atoms with Crippen molar-refractivity contribution < 1.29 is 62.7 Å². The quantitative estimate of drug-likeness (QED) is 0.154. The van der Waals surface area contributed by atoms with Crippen LogP contribution < -0.4 is 27.4 Å². The van der Waals surface area contributed by atoms with Crippen LogP contribution in [0.15, 0.2) is 361 Å². The van der Waals surface area contributed by atoms with Crippen molar-refractivity contribution in [1.82, 2.24) is 0 Å². The van der Waals surface area contributed by atoms with E-state index in [1.54, 1.807) is 12.1 Å². The van der Waals surface area contributed by atoms with Gasteiger partial charge >= 0.3 is 0 Å². The summed E-state index contributed by atoms with van der Waals surface area (Å²) >= 11 is 0. The van der Waals surface area contributed by atoms with E-state index >= 15 is 0 Å². The number of pyridine rings is 6. The number of nitrogens with zero attached hydrogens (tertiary/aromatic N) is 6. The Morgan fingerprint density at radius 2 is 0.359 bits per heavy atom. The van der Waals surface area contributed by atoms with Crippen LogP contribution in [0, 0.1) is 73.9 Å². The lowest BCUT2D eigenvalue weighted by molar-refractivity contribution is -0.660. The van der Waals surface area contributed by atoms with E-state index in [0.29, 0.717) is 11.2 Å². The zero-order chi connectivity index (χ0) is 90.7. The highest BCUT2D eigenvalue weighted by Gasteiger charge is 2.28. The molecule has 24 aromatic rings. The summed E-state index contributed by atoms with van der Waals surface area (Å²) in [6.07, 6.45) is 12.3. The Bertz CT molecular complexity index is 7640. The molecule has 0 N–H and O–H groups in total. The van der Waals surface area contributed by atoms with Crippen LogP contribution in [0.4, 0.5) is 8.78 Å². The van der Waals surface area contributed by atoms with E-state index in [1.807, 2.05) is 99.3 Å². The summed E-state index contributed by atoms with van der Waals surface area (Å²) in [5.74, 6) is -0.565. The van der Waals surface area contributed by atoms with E-state index in [0.717, 1.165) is 111 Å². The molecule has 0 bridgehead atoms. The third-order valence-corrected chi connectivity index (χ3v) is 25.3. The van der Waals surface area contributed by atoms with Crippen molar-refractivity contribution in [2.24, 2.45) is 42.3 Å². The van der Waals surface area contributed by atoms with Gasteiger partial charge in [0.2, 0.25) is 34.2 Å². The summed E-state index contributed by atoms with van der Waals surface area (Å²) in [6, 6.07) is 99.6. The van der Waals surface area contributed by atoms with Gasteiger partial charge in [0.25, 0.3) is 0 Å². The lowest BCUT2D eigenvalue weighted by Crippen LogP contribution is -2.30. The number of aromatic nitrogens is 6. The number of hydrogen-bond acceptors (Lipinski definition) is 6. The maximum Gasteiger partial charge on any atom is 0.216 e. The summed E-state index contributed by atoms with van der Waals surface area (Å²) in [5, 5.41) is 13.3. The summed E-state index contributed by atoms with van der Waals surface area (Å²) in [4.78, 5) is 0. The minimum Gasteiger partial charge on any atom is -0.455 e. The molecule has 0 aliphatic rings. The standard InChI is InChI=1S/3C20H18NO.2C19H15FNO.C19H16NO/c3*1-13-7-9-15-16-10-8-14(2)19(20(16)22-18(15)12-13)17-6-4-5-11-21(17)3;2*1-12-6-8-15-14-9-7-13(20)11-17(14)22-19(15)18(12)16-5-3-4-10-21(16)2;1-13-10-11-15-14-7-3-4-9-17(14)21-19(15)18(13)16-8-5-6-12-20(16)2/h3*4-12H,1-3H3;2*3-11H,1-2H3;3-12H,1-2H3/q6*+1. The molecular weight excluding hydrogens is 1620 g/mol. The Morgan fingerprint density at radius 3 is 0.588 bits per heavy atom. The second-order valence-corrected chi connectivity index (χ2v) is 34.4. The van der Waals surface area contributed by atoms with Crippen LogP contribution >= 0.6 is 0 Å². The van der Waals surface area contributed by atoms with Gasteiger partial charge in [-0.1, -0.05) is 127 Å². The van der Waals surface area contributed by atoms with Crippen LogP contribution in [0.2, 0.25) is 0 Å². The van der Waals surface area contributed by atoms with Crippen LogP contribution in [0.25, 0.3) is 199 Å². The summed E-state index contributed by atoms with van der Waals surface area (Å²) in [7, 11) is 12.3. The number of fused-ring (bicyclic) bond motifs is 18. The predicted molar refractivity (Wildman–Crippen MR) is 525 cm³/mol. The molecule has 0 aliphatic heterocycles. The zero-order valence-corrected chi connectivity index (χ0v) is 76.1. The first-order valence-corrected chi connectivity index (χ1v) is 44.1. The number of para-hydroxylation sites is 1. The molecule has 0 amide bonds. The molecule has 12 heterocycles. The maximum absolute atomic E-state index is 13.5. The smallest absolute Gasteiger partial charge is 0.216 e. The van der Waals surface area contributed by atoms with Gasteiger partial charge < -0.3 is 26.5 Å². The first kappa shape index (κ1) is 84.7. The number of rotatable bonds is 6. The Labute approximate surface area is 757 Å². The van der Waals surface area contributed by atoms with E-state index in [-0.39, 0.29) is 11.6 Å². The SMILES string of the molecule is Cc1ccc2c(c1)oc1c(-c3cccc[n+]3C)c(C)ccc12.Cc1ccc2c(c1)oc1c(-c3cccc[n+]3C)c(C)ccc12.Cc1ccc2c(c1)oc1c(-c3cccc[n+]3C)c(C)ccc12.Cc1ccc2c(oc3cc(F)ccc32)c1-c1cccc[n+]1C.Cc1ccc2c(oc3cc(F)ccc32)c1-c1cccc[n+]1C.Cc1ccc2c(oc3ccccc32)c1-c1cccc[n+]1C. The first-order chi connectivity index (χ1) is 63.5. The zero-order valence-electron chi connectivity index (χ0n) is 76.1. The minimum absolute atomic E-state index is 0.282. The molecule has 0 radical (unpaired) electrons. The van der Waals surface area contributed by atoms with E-state index in [4.69, 9.17) is 26.5 Å². The van der Waals surface area contributed by atoms with E-state index in [1.165, 1.54) is 151 Å². The monoisotopic (exact) mass is 1720 g/mol. The molecule has 12 nitrogen and oxygen atoms in total. The van der Waals surface area contributed by atoms with Crippen molar-refractivity contribution >= 4 is 132 Å². The van der Waals surface area contributed by atoms with Gasteiger partial charge in [-0.05, 0) is 197 Å². The van der Waals surface area contributed by atoms with E-state index in [2.05, 4.69) is 331 Å². The summed E-state index contributed by atoms with van der Waals surface area (Å²) < 4.78 is 76.5. The van der Waals surface area contributed by atoms with Crippen molar-refractivity contribution in [2.75, 3.05) is 0 Å². The van der Waals surface area contributed by atoms with Crippen LogP contribution in [0.1, 0.15) is 50.1 Å². The second kappa shape index (κ2) is 35.1. The van der Waals surface area contributed by atoms with Gasteiger partial charge in [0.05, 0.1) is 33.4 Å². The molecule has 0 aliphatic carbocycles. The molecule has 0 saturated heterocycles. The van der Waals surface area contributed by atoms with Gasteiger partial charge in [-0.2, -0.15) is 0 Å². The molecule has 0 spiro atoms. The van der Waals surface area contributed by atoms with Crippen molar-refractivity contribution in [3.05, 3.63) is 396 Å². The van der Waals surface area contributed by atoms with Crippen molar-refractivity contribution in [1.29, 1.82) is 0 Å². The lowest BCUT2D eigenvalue weighted by Gasteiger charge is -2.04. The fraction of sp³-hybridized carbons (Fsp3) is 0.128. The molecule has 12 aromatic heterocycles. The highest BCUT2D eigenvalue weighted by molar-refractivity contribution is 6.15. The minimum atomic E-state index is -0.282. The molecule has 642 valence electrons.